The largest absolute Gasteiger partial charge is 0.383 e. The number of carbonyl (C=O) groups excluding carboxylic acids is 1. The number of amides is 1. The van der Waals surface area contributed by atoms with Crippen LogP contribution in [0.4, 0.5) is 5.82 Å². The van der Waals surface area contributed by atoms with Gasteiger partial charge in [-0.15, -0.1) is 11.3 Å². The van der Waals surface area contributed by atoms with E-state index < -0.39 is 0 Å². The monoisotopic (exact) mass is 250 g/mol. The number of nitrogens with two attached hydrogens (primary N) is 1. The van der Waals surface area contributed by atoms with Crippen molar-refractivity contribution >= 4 is 23.1 Å². The first-order valence-electron chi connectivity index (χ1n) is 5.21. The average molecular weight is 250 g/mol. The smallest absolute Gasteiger partial charge is 0.257 e. The lowest BCUT2D eigenvalue weighted by molar-refractivity contribution is 0.0941. The lowest BCUT2D eigenvalue weighted by Crippen LogP contribution is -2.26. The van der Waals surface area contributed by atoms with Gasteiger partial charge in [0.1, 0.15) is 11.4 Å². The maximum absolute atomic E-state index is 11.9. The lowest BCUT2D eigenvalue weighted by atomic mass is 10.2. The van der Waals surface area contributed by atoms with Crippen LogP contribution in [0, 0.1) is 0 Å². The van der Waals surface area contributed by atoms with Crippen molar-refractivity contribution in [1.29, 1.82) is 0 Å². The normalized spacial score (nSPS) is 12.4. The molecule has 0 bridgehead atoms. The van der Waals surface area contributed by atoms with E-state index in [0.717, 1.165) is 4.88 Å². The molecule has 17 heavy (non-hydrogen) atoms. The second-order valence-corrected chi connectivity index (χ2v) is 4.76. The minimum Gasteiger partial charge on any atom is -0.383 e. The number of nitrogens with zero attached hydrogens (tertiary/aromatic N) is 2. The van der Waals surface area contributed by atoms with Gasteiger partial charge in [0.2, 0.25) is 0 Å². The molecule has 0 aliphatic carbocycles. The highest BCUT2D eigenvalue weighted by Crippen LogP contribution is 2.19. The highest BCUT2D eigenvalue weighted by atomic mass is 32.1. The van der Waals surface area contributed by atoms with Crippen LogP contribution in [0.25, 0.3) is 0 Å². The number of nitrogens with one attached hydrogen (secondary N) is 1. The number of anilines is 1. The molecule has 0 saturated carbocycles. The molecule has 5 nitrogen and oxygen atoms in total. The molecule has 2 aromatic rings. The fraction of sp³-hybridized carbons (Fsp3) is 0.273. The first-order chi connectivity index (χ1) is 8.09. The summed E-state index contributed by atoms with van der Waals surface area (Å²) in [7, 11) is 1.70. The predicted octanol–water partition coefficient (Wildman–Crippen LogP) is 1.55. The van der Waals surface area contributed by atoms with E-state index in [2.05, 4.69) is 10.4 Å². The standard InChI is InChI=1S/C11H14N4OS/c1-7(9-4-3-5-17-9)14-11(16)8-6-13-15(2)10(8)12/h3-7H,12H2,1-2H3,(H,14,16). The average Bonchev–Trinajstić information content (AvgIpc) is 2.90. The number of rotatable bonds is 3. The van der Waals surface area contributed by atoms with Crippen LogP contribution in [0.15, 0.2) is 23.7 Å². The molecule has 0 aliphatic heterocycles. The molecule has 3 N–H and O–H groups in total. The maximum atomic E-state index is 11.9. The van der Waals surface area contributed by atoms with Crippen LogP contribution in [0.3, 0.4) is 0 Å². The summed E-state index contributed by atoms with van der Waals surface area (Å²) >= 11 is 1.61. The summed E-state index contributed by atoms with van der Waals surface area (Å²) < 4.78 is 1.48. The van der Waals surface area contributed by atoms with Crippen LogP contribution in [0.5, 0.6) is 0 Å². The summed E-state index contributed by atoms with van der Waals surface area (Å²) in [6.45, 7) is 1.94. The number of hydrogen-bond donors (Lipinski definition) is 2. The number of hydrogen-bond acceptors (Lipinski definition) is 4. The molecule has 90 valence electrons. The van der Waals surface area contributed by atoms with E-state index in [4.69, 9.17) is 5.73 Å². The van der Waals surface area contributed by atoms with Crippen molar-refractivity contribution in [2.24, 2.45) is 7.05 Å². The van der Waals surface area contributed by atoms with Gasteiger partial charge in [-0.25, -0.2) is 0 Å². The summed E-state index contributed by atoms with van der Waals surface area (Å²) in [5.41, 5.74) is 6.15. The Hall–Kier alpha value is -1.82. The van der Waals surface area contributed by atoms with Gasteiger partial charge in [0.25, 0.3) is 5.91 Å². The Bertz CT molecular complexity index is 518. The van der Waals surface area contributed by atoms with Gasteiger partial charge in [0, 0.05) is 11.9 Å². The van der Waals surface area contributed by atoms with E-state index >= 15 is 0 Å². The van der Waals surface area contributed by atoms with E-state index in [1.54, 1.807) is 18.4 Å². The molecular weight excluding hydrogens is 236 g/mol. The Kier molecular flexibility index (Phi) is 3.14. The Labute approximate surface area is 103 Å². The molecule has 2 aromatic heterocycles. The highest BCUT2D eigenvalue weighted by Gasteiger charge is 2.16. The maximum Gasteiger partial charge on any atom is 0.257 e. The molecule has 6 heteroatoms. The Morgan fingerprint density at radius 2 is 2.41 bits per heavy atom. The molecule has 0 saturated heterocycles. The van der Waals surface area contributed by atoms with Crippen LogP contribution in [0.2, 0.25) is 0 Å². The molecule has 1 atom stereocenters. The summed E-state index contributed by atoms with van der Waals surface area (Å²) in [6.07, 6.45) is 1.48. The van der Waals surface area contributed by atoms with Crippen molar-refractivity contribution < 1.29 is 4.79 Å². The van der Waals surface area contributed by atoms with Crippen LogP contribution >= 0.6 is 11.3 Å². The Morgan fingerprint density at radius 1 is 1.65 bits per heavy atom. The summed E-state index contributed by atoms with van der Waals surface area (Å²) in [5, 5.41) is 8.81. The number of thiophene rings is 1. The molecule has 0 aliphatic rings. The number of nitrogen functional groups attached to an aromatic ring is 1. The molecular formula is C11H14N4OS. The van der Waals surface area contributed by atoms with Crippen molar-refractivity contribution in [3.8, 4) is 0 Å². The molecule has 0 spiro atoms. The molecule has 2 heterocycles. The Balaban J connectivity index is 2.10. The predicted molar refractivity (Wildman–Crippen MR) is 67.8 cm³/mol. The third-order valence-electron chi connectivity index (χ3n) is 2.55. The lowest BCUT2D eigenvalue weighted by Gasteiger charge is -2.11. The van der Waals surface area contributed by atoms with Crippen LogP contribution in [-0.4, -0.2) is 15.7 Å². The number of aromatic nitrogens is 2. The first-order valence-corrected chi connectivity index (χ1v) is 6.09. The molecule has 1 amide bonds. The van der Waals surface area contributed by atoms with Crippen molar-refractivity contribution in [2.75, 3.05) is 5.73 Å². The van der Waals surface area contributed by atoms with Gasteiger partial charge in [0.15, 0.2) is 0 Å². The van der Waals surface area contributed by atoms with Gasteiger partial charge in [-0.3, -0.25) is 9.48 Å². The van der Waals surface area contributed by atoms with E-state index in [-0.39, 0.29) is 11.9 Å². The van der Waals surface area contributed by atoms with Crippen LogP contribution in [-0.2, 0) is 7.05 Å². The van der Waals surface area contributed by atoms with Crippen molar-refractivity contribution in [3.05, 3.63) is 34.2 Å². The fourth-order valence-electron chi connectivity index (χ4n) is 1.51. The summed E-state index contributed by atoms with van der Waals surface area (Å²) in [5.74, 6) is 0.178. The summed E-state index contributed by atoms with van der Waals surface area (Å²) in [6, 6.07) is 3.92. The second-order valence-electron chi connectivity index (χ2n) is 3.78. The van der Waals surface area contributed by atoms with Crippen molar-refractivity contribution in [3.63, 3.8) is 0 Å². The third-order valence-corrected chi connectivity index (χ3v) is 3.60. The fourth-order valence-corrected chi connectivity index (χ4v) is 2.24. The molecule has 0 aromatic carbocycles. The van der Waals surface area contributed by atoms with Gasteiger partial charge in [0.05, 0.1) is 12.2 Å². The second kappa shape index (κ2) is 4.58. The molecule has 0 fully saturated rings. The Morgan fingerprint density at radius 3 is 2.94 bits per heavy atom. The number of carbonyl (C=O) groups is 1. The van der Waals surface area contributed by atoms with Crippen LogP contribution in [0.1, 0.15) is 28.2 Å². The zero-order chi connectivity index (χ0) is 12.4. The number of aryl methyl sites for hydroxylation is 1. The highest BCUT2D eigenvalue weighted by molar-refractivity contribution is 7.10. The van der Waals surface area contributed by atoms with Gasteiger partial charge >= 0.3 is 0 Å². The third kappa shape index (κ3) is 2.31. The van der Waals surface area contributed by atoms with Gasteiger partial charge in [-0.2, -0.15) is 5.10 Å². The van der Waals surface area contributed by atoms with Gasteiger partial charge in [-0.1, -0.05) is 6.07 Å². The first kappa shape index (κ1) is 11.7. The topological polar surface area (TPSA) is 72.9 Å². The zero-order valence-corrected chi connectivity index (χ0v) is 10.5. The summed E-state index contributed by atoms with van der Waals surface area (Å²) in [4.78, 5) is 13.1. The minimum atomic E-state index is -0.198. The van der Waals surface area contributed by atoms with E-state index in [0.29, 0.717) is 11.4 Å². The van der Waals surface area contributed by atoms with E-state index in [1.165, 1.54) is 10.9 Å². The molecule has 0 radical (unpaired) electrons. The quantitative estimate of drug-likeness (QED) is 0.868. The molecule has 2 rings (SSSR count). The van der Waals surface area contributed by atoms with Crippen molar-refractivity contribution in [1.82, 2.24) is 15.1 Å². The van der Waals surface area contributed by atoms with Crippen LogP contribution < -0.4 is 11.1 Å². The zero-order valence-electron chi connectivity index (χ0n) is 9.68. The van der Waals surface area contributed by atoms with Gasteiger partial charge in [-0.05, 0) is 18.4 Å². The van der Waals surface area contributed by atoms with Gasteiger partial charge < -0.3 is 11.1 Å². The minimum absolute atomic E-state index is 0.0258. The van der Waals surface area contributed by atoms with Crippen molar-refractivity contribution in [2.45, 2.75) is 13.0 Å². The van der Waals surface area contributed by atoms with E-state index in [9.17, 15) is 4.79 Å². The SMILES string of the molecule is CC(NC(=O)c1cnn(C)c1N)c1cccs1. The van der Waals surface area contributed by atoms with E-state index in [1.807, 2.05) is 24.4 Å². The molecule has 1 unspecified atom stereocenters.